The van der Waals surface area contributed by atoms with Gasteiger partial charge in [-0.15, -0.1) is 0 Å². The average Bonchev–Trinajstić information content (AvgIpc) is 2.50. The first-order valence-electron chi connectivity index (χ1n) is 7.29. The van der Waals surface area contributed by atoms with E-state index in [2.05, 4.69) is 0 Å². The number of carboxylic acids is 1. The summed E-state index contributed by atoms with van der Waals surface area (Å²) in [6.45, 7) is 4.98. The molecule has 1 aromatic rings. The van der Waals surface area contributed by atoms with Crippen molar-refractivity contribution in [3.63, 3.8) is 0 Å². The van der Waals surface area contributed by atoms with E-state index >= 15 is 0 Å². The van der Waals surface area contributed by atoms with E-state index in [4.69, 9.17) is 14.6 Å². The maximum atomic E-state index is 12.1. The van der Waals surface area contributed by atoms with Gasteiger partial charge in [-0.25, -0.2) is 4.79 Å². The van der Waals surface area contributed by atoms with Gasteiger partial charge in [-0.3, -0.25) is 4.79 Å². The highest BCUT2D eigenvalue weighted by Gasteiger charge is 2.28. The largest absolute Gasteiger partial charge is 0.493 e. The summed E-state index contributed by atoms with van der Waals surface area (Å²) < 4.78 is 10.8. The second kappa shape index (κ2) is 7.26. The molecule has 1 aliphatic heterocycles. The van der Waals surface area contributed by atoms with E-state index in [0.29, 0.717) is 6.54 Å². The van der Waals surface area contributed by atoms with Gasteiger partial charge in [0.1, 0.15) is 5.75 Å². The number of nitrogens with zero attached hydrogens (tertiary/aromatic N) is 1. The molecular formula is C16H21NO5. The third-order valence-corrected chi connectivity index (χ3v) is 3.61. The Bertz CT molecular complexity index is 557. The summed E-state index contributed by atoms with van der Waals surface area (Å²) in [7, 11) is 0. The lowest BCUT2D eigenvalue weighted by atomic mass is 10.1. The molecule has 1 N–H and O–H groups in total. The van der Waals surface area contributed by atoms with Gasteiger partial charge in [0.25, 0.3) is 0 Å². The zero-order valence-electron chi connectivity index (χ0n) is 12.9. The molecule has 1 atom stereocenters. The van der Waals surface area contributed by atoms with Crippen molar-refractivity contribution >= 4 is 11.9 Å². The van der Waals surface area contributed by atoms with E-state index in [1.165, 1.54) is 4.90 Å². The highest BCUT2D eigenvalue weighted by Crippen LogP contribution is 2.19. The van der Waals surface area contributed by atoms with Gasteiger partial charge in [-0.1, -0.05) is 12.1 Å². The molecule has 6 nitrogen and oxygen atoms in total. The molecular weight excluding hydrogens is 286 g/mol. The van der Waals surface area contributed by atoms with Crippen molar-refractivity contribution in [2.45, 2.75) is 26.4 Å². The van der Waals surface area contributed by atoms with Crippen LogP contribution in [0.4, 0.5) is 0 Å². The molecule has 0 unspecified atom stereocenters. The minimum absolute atomic E-state index is 0.0949. The van der Waals surface area contributed by atoms with Gasteiger partial charge >= 0.3 is 5.97 Å². The van der Waals surface area contributed by atoms with Crippen molar-refractivity contribution in [1.29, 1.82) is 0 Å². The number of carbonyl (C=O) groups excluding carboxylic acids is 1. The minimum atomic E-state index is -1.04. The second-order valence-corrected chi connectivity index (χ2v) is 5.40. The van der Waals surface area contributed by atoms with E-state index in [1.54, 1.807) is 0 Å². The van der Waals surface area contributed by atoms with Crippen LogP contribution in [0.1, 0.15) is 17.5 Å². The van der Waals surface area contributed by atoms with Gasteiger partial charge in [0.15, 0.2) is 6.10 Å². The first-order chi connectivity index (χ1) is 10.5. The second-order valence-electron chi connectivity index (χ2n) is 5.40. The Morgan fingerprint density at radius 1 is 1.41 bits per heavy atom. The number of ether oxygens (including phenoxy) is 2. The van der Waals surface area contributed by atoms with Gasteiger partial charge in [0, 0.05) is 6.54 Å². The molecule has 0 aromatic heterocycles. The maximum Gasteiger partial charge on any atom is 0.334 e. The Balaban J connectivity index is 1.82. The van der Waals surface area contributed by atoms with Crippen molar-refractivity contribution in [2.75, 3.05) is 26.3 Å². The Hall–Kier alpha value is -2.08. The molecule has 1 heterocycles. The van der Waals surface area contributed by atoms with Gasteiger partial charge in [-0.2, -0.15) is 0 Å². The normalized spacial score (nSPS) is 18.1. The number of benzene rings is 1. The van der Waals surface area contributed by atoms with Gasteiger partial charge < -0.3 is 19.5 Å². The molecule has 2 rings (SSSR count). The summed E-state index contributed by atoms with van der Waals surface area (Å²) in [5, 5.41) is 8.93. The Labute approximate surface area is 129 Å². The smallest absolute Gasteiger partial charge is 0.334 e. The first kappa shape index (κ1) is 16.3. The molecule has 120 valence electrons. The highest BCUT2D eigenvalue weighted by molar-refractivity contribution is 5.78. The van der Waals surface area contributed by atoms with Crippen LogP contribution in [0.25, 0.3) is 0 Å². The monoisotopic (exact) mass is 307 g/mol. The number of aryl methyl sites for hydroxylation is 2. The molecule has 0 saturated carbocycles. The molecule has 6 heteroatoms. The van der Waals surface area contributed by atoms with Crippen molar-refractivity contribution in [1.82, 2.24) is 4.90 Å². The Kier molecular flexibility index (Phi) is 5.38. The molecule has 1 fully saturated rings. The number of aliphatic carboxylic acids is 1. The van der Waals surface area contributed by atoms with Crippen molar-refractivity contribution in [2.24, 2.45) is 0 Å². The van der Waals surface area contributed by atoms with E-state index in [9.17, 15) is 9.59 Å². The van der Waals surface area contributed by atoms with E-state index in [0.717, 1.165) is 16.9 Å². The van der Waals surface area contributed by atoms with Crippen LogP contribution in [-0.2, 0) is 14.3 Å². The zero-order valence-corrected chi connectivity index (χ0v) is 12.9. The fourth-order valence-electron chi connectivity index (χ4n) is 2.29. The predicted molar refractivity (Wildman–Crippen MR) is 80.0 cm³/mol. The summed E-state index contributed by atoms with van der Waals surface area (Å²) in [5.74, 6) is -0.373. The third kappa shape index (κ3) is 4.21. The van der Waals surface area contributed by atoms with Gasteiger partial charge in [0.2, 0.25) is 5.91 Å². The lowest BCUT2D eigenvalue weighted by Gasteiger charge is -2.30. The molecule has 0 spiro atoms. The Morgan fingerprint density at radius 2 is 2.18 bits per heavy atom. The zero-order chi connectivity index (χ0) is 16.1. The highest BCUT2D eigenvalue weighted by atomic mass is 16.5. The molecule has 1 saturated heterocycles. The van der Waals surface area contributed by atoms with Crippen LogP contribution in [0.2, 0.25) is 0 Å². The predicted octanol–water partition coefficient (Wildman–Crippen LogP) is 1.38. The lowest BCUT2D eigenvalue weighted by molar-refractivity contribution is -0.159. The van der Waals surface area contributed by atoms with Gasteiger partial charge in [-0.05, 0) is 31.0 Å². The van der Waals surface area contributed by atoms with Gasteiger partial charge in [0.05, 0.1) is 26.2 Å². The van der Waals surface area contributed by atoms with Crippen LogP contribution in [0.5, 0.6) is 5.75 Å². The number of carboxylic acid groups (broad SMARTS) is 1. The first-order valence-corrected chi connectivity index (χ1v) is 7.29. The molecule has 0 radical (unpaired) electrons. The molecule has 0 bridgehead atoms. The van der Waals surface area contributed by atoms with Crippen molar-refractivity contribution < 1.29 is 24.2 Å². The summed E-state index contributed by atoms with van der Waals surface area (Å²) in [6.07, 6.45) is -0.711. The quantitative estimate of drug-likeness (QED) is 0.889. The molecule has 1 amide bonds. The van der Waals surface area contributed by atoms with Crippen LogP contribution in [0.15, 0.2) is 18.2 Å². The number of morpholine rings is 1. The topological polar surface area (TPSA) is 76.1 Å². The number of carbonyl (C=O) groups is 2. The number of hydrogen-bond acceptors (Lipinski definition) is 4. The molecule has 22 heavy (non-hydrogen) atoms. The van der Waals surface area contributed by atoms with Crippen LogP contribution < -0.4 is 4.74 Å². The maximum absolute atomic E-state index is 12.1. The van der Waals surface area contributed by atoms with Crippen molar-refractivity contribution in [3.8, 4) is 5.75 Å². The summed E-state index contributed by atoms with van der Waals surface area (Å²) in [4.78, 5) is 24.5. The van der Waals surface area contributed by atoms with E-state index in [1.807, 2.05) is 32.0 Å². The summed E-state index contributed by atoms with van der Waals surface area (Å²) in [6, 6.07) is 5.92. The fourth-order valence-corrected chi connectivity index (χ4v) is 2.29. The molecule has 1 aromatic carbocycles. The van der Waals surface area contributed by atoms with Crippen LogP contribution in [-0.4, -0.2) is 54.3 Å². The lowest BCUT2D eigenvalue weighted by Crippen LogP contribution is -2.48. The third-order valence-electron chi connectivity index (χ3n) is 3.61. The summed E-state index contributed by atoms with van der Waals surface area (Å²) in [5.41, 5.74) is 2.12. The van der Waals surface area contributed by atoms with Crippen LogP contribution in [0.3, 0.4) is 0 Å². The molecule has 0 aliphatic carbocycles. The SMILES string of the molecule is Cc1ccc(C)c(OCCC(=O)N2CCO[C@H](C(=O)O)C2)c1. The number of hydrogen-bond donors (Lipinski definition) is 1. The molecule has 1 aliphatic rings. The average molecular weight is 307 g/mol. The number of amides is 1. The van der Waals surface area contributed by atoms with Crippen LogP contribution >= 0.6 is 0 Å². The van der Waals surface area contributed by atoms with Crippen LogP contribution in [0, 0.1) is 13.8 Å². The van der Waals surface area contributed by atoms with E-state index in [-0.39, 0.29) is 32.1 Å². The number of rotatable bonds is 5. The Morgan fingerprint density at radius 3 is 2.91 bits per heavy atom. The van der Waals surface area contributed by atoms with E-state index < -0.39 is 12.1 Å². The minimum Gasteiger partial charge on any atom is -0.493 e. The summed E-state index contributed by atoms with van der Waals surface area (Å²) >= 11 is 0. The van der Waals surface area contributed by atoms with Crippen molar-refractivity contribution in [3.05, 3.63) is 29.3 Å². The standard InChI is InChI=1S/C16H21NO5/c1-11-3-4-12(2)13(9-11)21-7-5-15(18)17-6-8-22-14(10-17)16(19)20/h3-4,9,14H,5-8,10H2,1-2H3,(H,19,20)/t14-/m0/s1. The fraction of sp³-hybridized carbons (Fsp3) is 0.500.